The van der Waals surface area contributed by atoms with Gasteiger partial charge in [-0.05, 0) is 102 Å². The first-order chi connectivity index (χ1) is 23.3. The lowest BCUT2D eigenvalue weighted by molar-refractivity contribution is 0.00578. The fourth-order valence-electron chi connectivity index (χ4n) is 7.04. The highest BCUT2D eigenvalue weighted by molar-refractivity contribution is 6.68. The van der Waals surface area contributed by atoms with Crippen molar-refractivity contribution in [1.29, 1.82) is 0 Å². The van der Waals surface area contributed by atoms with Gasteiger partial charge in [0.15, 0.2) is 0 Å². The molecule has 7 heteroatoms. The Hall–Kier alpha value is -4.13. The van der Waals surface area contributed by atoms with Crippen molar-refractivity contribution in [3.05, 3.63) is 115 Å². The van der Waals surface area contributed by atoms with Crippen LogP contribution in [0.3, 0.4) is 0 Å². The van der Waals surface area contributed by atoms with Crippen molar-refractivity contribution >= 4 is 47.0 Å². The van der Waals surface area contributed by atoms with E-state index in [4.69, 9.17) is 18.6 Å². The van der Waals surface area contributed by atoms with Gasteiger partial charge in [-0.25, -0.2) is 0 Å². The maximum absolute atomic E-state index is 6.75. The molecule has 2 fully saturated rings. The SMILES string of the molecule is CC1(C)OB(c2cccc(B3OC(C)(C)C(C)(C)O3)c2-n2c3ccc(-c4ccccc4)cc3c3cc(-c4ccccc4)ccc32)OC1(C)C. The summed E-state index contributed by atoms with van der Waals surface area (Å²) >= 11 is 0. The van der Waals surface area contributed by atoms with Gasteiger partial charge in [-0.15, -0.1) is 0 Å². The van der Waals surface area contributed by atoms with Gasteiger partial charge in [-0.2, -0.15) is 0 Å². The van der Waals surface area contributed by atoms with E-state index in [0.29, 0.717) is 0 Å². The van der Waals surface area contributed by atoms with Crippen molar-refractivity contribution in [3.8, 4) is 27.9 Å². The van der Waals surface area contributed by atoms with E-state index in [2.05, 4.69) is 175 Å². The second-order valence-corrected chi connectivity index (χ2v) is 15.5. The van der Waals surface area contributed by atoms with Gasteiger partial charge in [0.2, 0.25) is 0 Å². The largest absolute Gasteiger partial charge is 0.496 e. The van der Waals surface area contributed by atoms with Gasteiger partial charge in [-0.1, -0.05) is 91.0 Å². The average Bonchev–Trinajstić information content (AvgIpc) is 3.60. The number of hydrogen-bond acceptors (Lipinski definition) is 4. The minimum atomic E-state index is -0.595. The molecule has 1 aromatic heterocycles. The number of hydrogen-bond donors (Lipinski definition) is 0. The highest BCUT2D eigenvalue weighted by atomic mass is 16.7. The van der Waals surface area contributed by atoms with Crippen LogP contribution in [-0.4, -0.2) is 41.2 Å². The van der Waals surface area contributed by atoms with Crippen molar-refractivity contribution in [2.75, 3.05) is 0 Å². The predicted octanol–water partition coefficient (Wildman–Crippen LogP) is 8.72. The van der Waals surface area contributed by atoms with E-state index in [9.17, 15) is 0 Å². The molecule has 2 aliphatic rings. The Morgan fingerprint density at radius 1 is 0.408 bits per heavy atom. The summed E-state index contributed by atoms with van der Waals surface area (Å²) < 4.78 is 29.4. The summed E-state index contributed by atoms with van der Waals surface area (Å²) in [5, 5.41) is 2.33. The number of nitrogens with zero attached hydrogens (tertiary/aromatic N) is 1. The topological polar surface area (TPSA) is 41.9 Å². The number of benzene rings is 5. The van der Waals surface area contributed by atoms with Crippen LogP contribution in [0.15, 0.2) is 115 Å². The minimum Gasteiger partial charge on any atom is -0.399 e. The molecule has 0 aliphatic carbocycles. The normalized spacial score (nSPS) is 19.3. The lowest BCUT2D eigenvalue weighted by Gasteiger charge is -2.32. The molecule has 0 amide bonds. The first-order valence-corrected chi connectivity index (χ1v) is 17.3. The van der Waals surface area contributed by atoms with E-state index in [1.54, 1.807) is 0 Å². The van der Waals surface area contributed by atoms with Crippen molar-refractivity contribution in [3.63, 3.8) is 0 Å². The van der Waals surface area contributed by atoms with Crippen LogP contribution in [-0.2, 0) is 18.6 Å². The molecule has 5 nitrogen and oxygen atoms in total. The maximum Gasteiger partial charge on any atom is 0.496 e. The summed E-state index contributed by atoms with van der Waals surface area (Å²) in [6.45, 7) is 16.8. The van der Waals surface area contributed by atoms with Crippen LogP contribution in [0.25, 0.3) is 49.7 Å². The Morgan fingerprint density at radius 2 is 0.776 bits per heavy atom. The van der Waals surface area contributed by atoms with Gasteiger partial charge in [-0.3, -0.25) is 0 Å². The Morgan fingerprint density at radius 3 is 1.14 bits per heavy atom. The zero-order valence-electron chi connectivity index (χ0n) is 29.7. The molecule has 0 atom stereocenters. The molecule has 0 bridgehead atoms. The third kappa shape index (κ3) is 5.18. The summed E-state index contributed by atoms with van der Waals surface area (Å²) in [7, 11) is -1.19. The highest BCUT2D eigenvalue weighted by Crippen LogP contribution is 2.41. The van der Waals surface area contributed by atoms with Crippen molar-refractivity contribution in [2.45, 2.75) is 77.8 Å². The van der Waals surface area contributed by atoms with Gasteiger partial charge in [0.25, 0.3) is 0 Å². The molecule has 6 aromatic rings. The van der Waals surface area contributed by atoms with E-state index >= 15 is 0 Å². The second kappa shape index (κ2) is 11.2. The zero-order chi connectivity index (χ0) is 34.3. The summed E-state index contributed by atoms with van der Waals surface area (Å²) in [6.07, 6.45) is 0. The molecule has 3 heterocycles. The van der Waals surface area contributed by atoms with Crippen LogP contribution in [0.4, 0.5) is 0 Å². The Labute approximate surface area is 290 Å². The Kier molecular flexibility index (Phi) is 7.33. The summed E-state index contributed by atoms with van der Waals surface area (Å²) in [5.41, 5.74) is 7.66. The molecule has 0 N–H and O–H groups in total. The molecule has 0 saturated carbocycles. The van der Waals surface area contributed by atoms with Crippen LogP contribution in [0, 0.1) is 0 Å². The van der Waals surface area contributed by atoms with Crippen LogP contribution in [0.1, 0.15) is 55.4 Å². The number of aromatic nitrogens is 1. The van der Waals surface area contributed by atoms with Crippen LogP contribution >= 0.6 is 0 Å². The lowest BCUT2D eigenvalue weighted by Crippen LogP contribution is -2.45. The molecule has 2 aliphatic heterocycles. The standard InChI is InChI=1S/C42H43B2NO4/c1-39(2)40(3,4)47-43(46-39)34-20-15-21-35(44-48-41(5,6)42(7,8)49-44)38(34)45-36-24-22-30(28-16-11-9-12-17-28)26-32(36)33-27-31(23-25-37(33)45)29-18-13-10-14-19-29/h9-27H,1-8H3. The van der Waals surface area contributed by atoms with Gasteiger partial charge < -0.3 is 23.2 Å². The third-order valence-electron chi connectivity index (χ3n) is 11.3. The first kappa shape index (κ1) is 32.1. The quantitative estimate of drug-likeness (QED) is 0.176. The molecule has 5 aromatic carbocycles. The van der Waals surface area contributed by atoms with Crippen LogP contribution in [0.5, 0.6) is 0 Å². The molecular formula is C42H43B2NO4. The average molecular weight is 647 g/mol. The fraction of sp³-hybridized carbons (Fsp3) is 0.286. The van der Waals surface area contributed by atoms with Crippen molar-refractivity contribution in [1.82, 2.24) is 4.57 Å². The first-order valence-electron chi connectivity index (χ1n) is 17.3. The molecule has 0 radical (unpaired) electrons. The van der Waals surface area contributed by atoms with E-state index in [-0.39, 0.29) is 0 Å². The third-order valence-corrected chi connectivity index (χ3v) is 11.3. The second-order valence-electron chi connectivity index (χ2n) is 15.5. The predicted molar refractivity (Wildman–Crippen MR) is 203 cm³/mol. The Bertz CT molecular complexity index is 2020. The molecular weight excluding hydrogens is 604 g/mol. The Balaban J connectivity index is 1.43. The maximum atomic E-state index is 6.75. The van der Waals surface area contributed by atoms with Crippen molar-refractivity contribution < 1.29 is 18.6 Å². The zero-order valence-corrected chi connectivity index (χ0v) is 29.7. The minimum absolute atomic E-state index is 0.509. The smallest absolute Gasteiger partial charge is 0.399 e. The highest BCUT2D eigenvalue weighted by Gasteiger charge is 2.55. The molecule has 2 saturated heterocycles. The van der Waals surface area contributed by atoms with Crippen LogP contribution < -0.4 is 10.9 Å². The monoisotopic (exact) mass is 647 g/mol. The van der Waals surface area contributed by atoms with E-state index in [0.717, 1.165) is 38.4 Å². The molecule has 8 rings (SSSR count). The van der Waals surface area contributed by atoms with Gasteiger partial charge in [0.1, 0.15) is 0 Å². The van der Waals surface area contributed by atoms with Gasteiger partial charge >= 0.3 is 14.2 Å². The summed E-state index contributed by atoms with van der Waals surface area (Å²) in [5.74, 6) is 0. The van der Waals surface area contributed by atoms with E-state index < -0.39 is 36.6 Å². The summed E-state index contributed by atoms with van der Waals surface area (Å²) in [4.78, 5) is 0. The number of para-hydroxylation sites is 1. The van der Waals surface area contributed by atoms with E-state index in [1.807, 2.05) is 0 Å². The lowest BCUT2D eigenvalue weighted by atomic mass is 9.69. The number of rotatable bonds is 5. The van der Waals surface area contributed by atoms with Crippen LogP contribution in [0.2, 0.25) is 0 Å². The van der Waals surface area contributed by atoms with Crippen molar-refractivity contribution in [2.24, 2.45) is 0 Å². The summed E-state index contributed by atoms with van der Waals surface area (Å²) in [6, 6.07) is 41.0. The van der Waals surface area contributed by atoms with Gasteiger partial charge in [0.05, 0.1) is 33.4 Å². The molecule has 246 valence electrons. The number of fused-ring (bicyclic) bond motifs is 3. The van der Waals surface area contributed by atoms with Gasteiger partial charge in [0, 0.05) is 27.4 Å². The fourth-order valence-corrected chi connectivity index (χ4v) is 7.04. The molecule has 49 heavy (non-hydrogen) atoms. The molecule has 0 spiro atoms. The molecule has 0 unspecified atom stereocenters. The van der Waals surface area contributed by atoms with E-state index in [1.165, 1.54) is 22.3 Å².